The Labute approximate surface area is 115 Å². The highest BCUT2D eigenvalue weighted by molar-refractivity contribution is 5.90. The summed E-state index contributed by atoms with van der Waals surface area (Å²) in [4.78, 5) is 14.9. The molecule has 19 heavy (non-hydrogen) atoms. The maximum Gasteiger partial charge on any atom is 0.159 e. The molecule has 106 valence electrons. The van der Waals surface area contributed by atoms with Crippen LogP contribution in [-0.2, 0) is 18.3 Å². The van der Waals surface area contributed by atoms with Crippen LogP contribution in [0.25, 0.3) is 0 Å². The predicted octanol–water partition coefficient (Wildman–Crippen LogP) is 2.19. The van der Waals surface area contributed by atoms with Gasteiger partial charge in [0.25, 0.3) is 0 Å². The zero-order valence-electron chi connectivity index (χ0n) is 12.4. The van der Waals surface area contributed by atoms with Crippen molar-refractivity contribution in [3.63, 3.8) is 0 Å². The maximum absolute atomic E-state index is 12.8. The largest absolute Gasteiger partial charge is 0.297 e. The van der Waals surface area contributed by atoms with E-state index in [0.29, 0.717) is 12.2 Å². The van der Waals surface area contributed by atoms with Crippen molar-refractivity contribution in [2.24, 2.45) is 7.05 Å². The summed E-state index contributed by atoms with van der Waals surface area (Å²) < 4.78 is 1.76. The van der Waals surface area contributed by atoms with E-state index in [2.05, 4.69) is 10.00 Å². The zero-order chi connectivity index (χ0) is 13.9. The molecule has 0 aromatic carbocycles. The molecule has 1 aliphatic rings. The number of hydrogen-bond acceptors (Lipinski definition) is 3. The molecule has 0 N–H and O–H groups in total. The van der Waals surface area contributed by atoms with E-state index in [1.807, 2.05) is 33.4 Å². The van der Waals surface area contributed by atoms with E-state index in [0.717, 1.165) is 31.4 Å². The molecular weight excluding hydrogens is 238 g/mol. The number of aryl methyl sites for hydroxylation is 1. The van der Waals surface area contributed by atoms with Gasteiger partial charge in [-0.25, -0.2) is 0 Å². The molecule has 1 fully saturated rings. The van der Waals surface area contributed by atoms with Gasteiger partial charge in [0.15, 0.2) is 5.78 Å². The highest BCUT2D eigenvalue weighted by Crippen LogP contribution is 2.32. The first-order chi connectivity index (χ1) is 9.04. The van der Waals surface area contributed by atoms with Crippen LogP contribution in [0.4, 0.5) is 0 Å². The second-order valence-corrected chi connectivity index (χ2v) is 5.92. The van der Waals surface area contributed by atoms with Crippen LogP contribution < -0.4 is 0 Å². The minimum absolute atomic E-state index is 0.270. The number of Topliss-reactive ketones (excluding diaryl/α,β-unsaturated/α-hetero) is 1. The molecule has 0 aliphatic heterocycles. The molecule has 1 aromatic rings. The number of nitrogens with zero attached hydrogens (tertiary/aromatic N) is 3. The first-order valence-corrected chi connectivity index (χ1v) is 7.24. The number of likely N-dealkylation sites (N-methyl/N-ethyl adjacent to an activating group) is 1. The van der Waals surface area contributed by atoms with Crippen LogP contribution in [0.1, 0.15) is 44.2 Å². The van der Waals surface area contributed by atoms with E-state index in [9.17, 15) is 4.79 Å². The fourth-order valence-corrected chi connectivity index (χ4v) is 3.18. The molecule has 1 saturated carbocycles. The molecule has 4 nitrogen and oxygen atoms in total. The maximum atomic E-state index is 12.8. The second-order valence-electron chi connectivity index (χ2n) is 5.92. The first kappa shape index (κ1) is 14.3. The zero-order valence-corrected chi connectivity index (χ0v) is 12.4. The molecule has 0 saturated heterocycles. The Kier molecular flexibility index (Phi) is 4.40. The van der Waals surface area contributed by atoms with Gasteiger partial charge in [-0.2, -0.15) is 5.10 Å². The Bertz CT molecular complexity index is 428. The Morgan fingerprint density at radius 2 is 1.95 bits per heavy atom. The van der Waals surface area contributed by atoms with Crippen LogP contribution >= 0.6 is 0 Å². The number of carbonyl (C=O) groups excluding carboxylic acids is 1. The highest BCUT2D eigenvalue weighted by atomic mass is 16.1. The lowest BCUT2D eigenvalue weighted by atomic mass is 9.82. The Balaban J connectivity index is 2.15. The van der Waals surface area contributed by atoms with Gasteiger partial charge in [-0.3, -0.25) is 14.4 Å². The fraction of sp³-hybridized carbons (Fsp3) is 0.733. The van der Waals surface area contributed by atoms with Crippen molar-refractivity contribution in [1.29, 1.82) is 0 Å². The van der Waals surface area contributed by atoms with Gasteiger partial charge in [-0.15, -0.1) is 0 Å². The van der Waals surface area contributed by atoms with Gasteiger partial charge in [0.2, 0.25) is 0 Å². The highest BCUT2D eigenvalue weighted by Gasteiger charge is 2.40. The number of hydrogen-bond donors (Lipinski definition) is 0. The normalized spacial score (nSPS) is 19.4. The van der Waals surface area contributed by atoms with E-state index >= 15 is 0 Å². The molecule has 1 aromatic heterocycles. The van der Waals surface area contributed by atoms with E-state index < -0.39 is 0 Å². The Hall–Kier alpha value is -1.16. The molecule has 2 rings (SSSR count). The van der Waals surface area contributed by atoms with Gasteiger partial charge < -0.3 is 0 Å². The van der Waals surface area contributed by atoms with Gasteiger partial charge in [0.05, 0.1) is 17.7 Å². The average Bonchev–Trinajstić information content (AvgIpc) is 2.65. The monoisotopic (exact) mass is 263 g/mol. The predicted molar refractivity (Wildman–Crippen MR) is 76.0 cm³/mol. The van der Waals surface area contributed by atoms with Crippen LogP contribution in [-0.4, -0.2) is 40.1 Å². The van der Waals surface area contributed by atoms with Gasteiger partial charge in [-0.1, -0.05) is 25.7 Å². The lowest BCUT2D eigenvalue weighted by Crippen LogP contribution is -2.51. The lowest BCUT2D eigenvalue weighted by molar-refractivity contribution is -0.130. The third-order valence-electron chi connectivity index (χ3n) is 4.42. The molecule has 0 atom stereocenters. The van der Waals surface area contributed by atoms with Crippen molar-refractivity contribution in [2.45, 2.75) is 50.5 Å². The summed E-state index contributed by atoms with van der Waals surface area (Å²) >= 11 is 0. The molecular formula is C15H25N3O. The number of carbonyl (C=O) groups is 1. The third-order valence-corrected chi connectivity index (χ3v) is 4.42. The van der Waals surface area contributed by atoms with E-state index in [1.54, 1.807) is 4.68 Å². The SMILES string of the molecule is CN(C)C1(C(=O)Cc2ccn(C)n2)CCCCCC1. The van der Waals surface area contributed by atoms with Gasteiger partial charge in [0.1, 0.15) is 0 Å². The van der Waals surface area contributed by atoms with Gasteiger partial charge in [0, 0.05) is 13.2 Å². The van der Waals surface area contributed by atoms with Crippen LogP contribution in [0.15, 0.2) is 12.3 Å². The standard InChI is InChI=1S/C15H25N3O/c1-17(2)15(9-6-4-5-7-10-15)14(19)12-13-8-11-18(3)16-13/h8,11H,4-7,9-10,12H2,1-3H3. The summed E-state index contributed by atoms with van der Waals surface area (Å²) in [7, 11) is 5.98. The Morgan fingerprint density at radius 3 is 2.42 bits per heavy atom. The quantitative estimate of drug-likeness (QED) is 0.782. The molecule has 0 spiro atoms. The summed E-state index contributed by atoms with van der Waals surface area (Å²) in [5, 5.41) is 4.34. The van der Waals surface area contributed by atoms with Crippen molar-refractivity contribution in [3.05, 3.63) is 18.0 Å². The number of ketones is 1. The number of rotatable bonds is 4. The van der Waals surface area contributed by atoms with E-state index in [1.165, 1.54) is 12.8 Å². The van der Waals surface area contributed by atoms with Gasteiger partial charge in [-0.05, 0) is 33.0 Å². The fourth-order valence-electron chi connectivity index (χ4n) is 3.18. The topological polar surface area (TPSA) is 38.1 Å². The second kappa shape index (κ2) is 5.87. The first-order valence-electron chi connectivity index (χ1n) is 7.24. The molecule has 0 unspecified atom stereocenters. The summed E-state index contributed by atoms with van der Waals surface area (Å²) in [6.07, 6.45) is 9.17. The molecule has 1 aliphatic carbocycles. The smallest absolute Gasteiger partial charge is 0.159 e. The third kappa shape index (κ3) is 3.06. The summed E-state index contributed by atoms with van der Waals surface area (Å²) in [5.41, 5.74) is 0.617. The summed E-state index contributed by atoms with van der Waals surface area (Å²) in [5.74, 6) is 0.332. The molecule has 1 heterocycles. The summed E-state index contributed by atoms with van der Waals surface area (Å²) in [6, 6.07) is 1.94. The van der Waals surface area contributed by atoms with Crippen LogP contribution in [0, 0.1) is 0 Å². The van der Waals surface area contributed by atoms with Crippen LogP contribution in [0.2, 0.25) is 0 Å². The molecule has 0 amide bonds. The van der Waals surface area contributed by atoms with Crippen molar-refractivity contribution < 1.29 is 4.79 Å². The minimum atomic E-state index is -0.270. The summed E-state index contributed by atoms with van der Waals surface area (Å²) in [6.45, 7) is 0. The molecule has 0 bridgehead atoms. The van der Waals surface area contributed by atoms with Gasteiger partial charge >= 0.3 is 0 Å². The molecule has 4 heteroatoms. The van der Waals surface area contributed by atoms with Crippen molar-refractivity contribution in [2.75, 3.05) is 14.1 Å². The average molecular weight is 263 g/mol. The van der Waals surface area contributed by atoms with E-state index in [4.69, 9.17) is 0 Å². The molecule has 0 radical (unpaired) electrons. The van der Waals surface area contributed by atoms with Crippen LogP contribution in [0.3, 0.4) is 0 Å². The van der Waals surface area contributed by atoms with E-state index in [-0.39, 0.29) is 5.54 Å². The van der Waals surface area contributed by atoms with Crippen molar-refractivity contribution in [1.82, 2.24) is 14.7 Å². The Morgan fingerprint density at radius 1 is 1.32 bits per heavy atom. The lowest BCUT2D eigenvalue weighted by Gasteiger charge is -2.38. The number of aromatic nitrogens is 2. The van der Waals surface area contributed by atoms with Crippen LogP contribution in [0.5, 0.6) is 0 Å². The van der Waals surface area contributed by atoms with Crippen molar-refractivity contribution >= 4 is 5.78 Å². The minimum Gasteiger partial charge on any atom is -0.297 e. The van der Waals surface area contributed by atoms with Crippen molar-refractivity contribution in [3.8, 4) is 0 Å².